The predicted molar refractivity (Wildman–Crippen MR) is 302 cm³/mol. The van der Waals surface area contributed by atoms with Gasteiger partial charge >= 0.3 is 17.9 Å². The van der Waals surface area contributed by atoms with Gasteiger partial charge in [0.05, 0.1) is 0 Å². The second-order valence-corrected chi connectivity index (χ2v) is 18.1. The lowest BCUT2D eigenvalue weighted by molar-refractivity contribution is -0.167. The van der Waals surface area contributed by atoms with Crippen molar-refractivity contribution in [1.29, 1.82) is 0 Å². The van der Waals surface area contributed by atoms with Gasteiger partial charge in [-0.05, 0) is 128 Å². The van der Waals surface area contributed by atoms with Crippen molar-refractivity contribution in [3.63, 3.8) is 0 Å². The summed E-state index contributed by atoms with van der Waals surface area (Å²) in [6.07, 6.45) is 80.1. The van der Waals surface area contributed by atoms with Gasteiger partial charge in [0.25, 0.3) is 0 Å². The van der Waals surface area contributed by atoms with E-state index in [1.165, 1.54) is 44.9 Å². The van der Waals surface area contributed by atoms with Crippen LogP contribution in [0.3, 0.4) is 0 Å². The van der Waals surface area contributed by atoms with E-state index in [0.717, 1.165) is 141 Å². The van der Waals surface area contributed by atoms with Gasteiger partial charge in [0.1, 0.15) is 13.2 Å². The summed E-state index contributed by atoms with van der Waals surface area (Å²) in [5.74, 6) is -1.01. The van der Waals surface area contributed by atoms with Crippen LogP contribution in [-0.4, -0.2) is 37.2 Å². The molecule has 0 aromatic rings. The Morgan fingerprint density at radius 2 is 0.571 bits per heavy atom. The van der Waals surface area contributed by atoms with E-state index in [0.29, 0.717) is 19.3 Å². The first kappa shape index (κ1) is 65.5. The highest BCUT2D eigenvalue weighted by atomic mass is 16.6. The van der Waals surface area contributed by atoms with E-state index in [1.807, 2.05) is 0 Å². The molecule has 0 spiro atoms. The summed E-state index contributed by atoms with van der Waals surface area (Å²) in [6.45, 7) is 6.31. The van der Waals surface area contributed by atoms with Gasteiger partial charge in [-0.2, -0.15) is 0 Å². The highest BCUT2D eigenvalue weighted by Gasteiger charge is 2.19. The normalized spacial score (nSPS) is 13.1. The largest absolute Gasteiger partial charge is 0.462 e. The Morgan fingerprint density at radius 1 is 0.300 bits per heavy atom. The Labute approximate surface area is 430 Å². The molecule has 0 aliphatic carbocycles. The van der Waals surface area contributed by atoms with Gasteiger partial charge in [-0.25, -0.2) is 0 Å². The summed E-state index contributed by atoms with van der Waals surface area (Å²) in [6, 6.07) is 0. The summed E-state index contributed by atoms with van der Waals surface area (Å²) in [4.78, 5) is 38.1. The third-order valence-electron chi connectivity index (χ3n) is 11.4. The molecule has 70 heavy (non-hydrogen) atoms. The topological polar surface area (TPSA) is 78.9 Å². The molecule has 6 heteroatoms. The molecular formula is C64H102O6. The lowest BCUT2D eigenvalue weighted by Crippen LogP contribution is -2.30. The molecule has 0 N–H and O–H groups in total. The van der Waals surface area contributed by atoms with Crippen LogP contribution < -0.4 is 0 Å². The molecule has 1 unspecified atom stereocenters. The van der Waals surface area contributed by atoms with E-state index in [1.54, 1.807) is 0 Å². The van der Waals surface area contributed by atoms with Crippen LogP contribution >= 0.6 is 0 Å². The van der Waals surface area contributed by atoms with E-state index in [9.17, 15) is 14.4 Å². The average Bonchev–Trinajstić information content (AvgIpc) is 3.36. The van der Waals surface area contributed by atoms with Crippen LogP contribution in [-0.2, 0) is 28.6 Å². The number of carbonyl (C=O) groups excluding carboxylic acids is 3. The van der Waals surface area contributed by atoms with Crippen LogP contribution in [0.1, 0.15) is 233 Å². The van der Waals surface area contributed by atoms with Crippen LogP contribution in [0, 0.1) is 0 Å². The number of carbonyl (C=O) groups is 3. The smallest absolute Gasteiger partial charge is 0.306 e. The van der Waals surface area contributed by atoms with Crippen molar-refractivity contribution in [3.8, 4) is 0 Å². The minimum atomic E-state index is -0.825. The lowest BCUT2D eigenvalue weighted by atomic mass is 10.1. The summed E-state index contributed by atoms with van der Waals surface area (Å²) in [5, 5.41) is 0. The maximum atomic E-state index is 12.8. The molecular weight excluding hydrogens is 865 g/mol. The Bertz CT molecular complexity index is 1530. The Kier molecular flexibility index (Phi) is 53.5. The van der Waals surface area contributed by atoms with Gasteiger partial charge in [0.2, 0.25) is 0 Å². The van der Waals surface area contributed by atoms with Crippen molar-refractivity contribution in [2.24, 2.45) is 0 Å². The number of hydrogen-bond acceptors (Lipinski definition) is 6. The Morgan fingerprint density at radius 3 is 0.914 bits per heavy atom. The van der Waals surface area contributed by atoms with Crippen molar-refractivity contribution in [2.75, 3.05) is 13.2 Å². The minimum Gasteiger partial charge on any atom is -0.462 e. The van der Waals surface area contributed by atoms with E-state index in [2.05, 4.69) is 154 Å². The first-order valence-corrected chi connectivity index (χ1v) is 28.2. The maximum Gasteiger partial charge on any atom is 0.306 e. The van der Waals surface area contributed by atoms with Crippen molar-refractivity contribution in [2.45, 2.75) is 239 Å². The zero-order valence-electron chi connectivity index (χ0n) is 45.0. The minimum absolute atomic E-state index is 0.117. The monoisotopic (exact) mass is 967 g/mol. The second-order valence-electron chi connectivity index (χ2n) is 18.1. The molecule has 0 fully saturated rings. The Hall–Kier alpha value is -4.45. The number of hydrogen-bond donors (Lipinski definition) is 0. The fraction of sp³-hybridized carbons (Fsp3) is 0.609. The molecule has 0 saturated heterocycles. The van der Waals surface area contributed by atoms with Crippen molar-refractivity contribution in [1.82, 2.24) is 0 Å². The molecule has 1 atom stereocenters. The van der Waals surface area contributed by atoms with E-state index >= 15 is 0 Å². The molecule has 0 radical (unpaired) electrons. The summed E-state index contributed by atoms with van der Waals surface area (Å²) in [7, 11) is 0. The number of unbranched alkanes of at least 4 members (excludes halogenated alkanes) is 16. The molecule has 0 heterocycles. The summed E-state index contributed by atoms with van der Waals surface area (Å²) < 4.78 is 16.8. The molecule has 0 aliphatic heterocycles. The van der Waals surface area contributed by atoms with Gasteiger partial charge in [0.15, 0.2) is 6.10 Å². The highest BCUT2D eigenvalue weighted by molar-refractivity contribution is 5.71. The van der Waals surface area contributed by atoms with Crippen molar-refractivity contribution >= 4 is 17.9 Å². The van der Waals surface area contributed by atoms with Gasteiger partial charge in [-0.3, -0.25) is 14.4 Å². The van der Waals surface area contributed by atoms with Crippen LogP contribution in [0.15, 0.2) is 134 Å². The molecule has 0 bridgehead atoms. The zero-order chi connectivity index (χ0) is 50.7. The number of allylic oxidation sites excluding steroid dienone is 22. The van der Waals surface area contributed by atoms with Crippen molar-refractivity contribution in [3.05, 3.63) is 134 Å². The third-order valence-corrected chi connectivity index (χ3v) is 11.4. The first-order chi connectivity index (χ1) is 34.5. The third kappa shape index (κ3) is 54.5. The van der Waals surface area contributed by atoms with Gasteiger partial charge in [0, 0.05) is 19.3 Å². The van der Waals surface area contributed by atoms with Gasteiger partial charge in [-0.1, -0.05) is 219 Å². The zero-order valence-corrected chi connectivity index (χ0v) is 45.0. The molecule has 0 rings (SSSR count). The molecule has 0 aromatic carbocycles. The fourth-order valence-corrected chi connectivity index (χ4v) is 7.20. The molecule has 0 amide bonds. The summed E-state index contributed by atoms with van der Waals surface area (Å²) >= 11 is 0. The predicted octanol–water partition coefficient (Wildman–Crippen LogP) is 19.0. The quantitative estimate of drug-likeness (QED) is 0.0262. The highest BCUT2D eigenvalue weighted by Crippen LogP contribution is 2.13. The van der Waals surface area contributed by atoms with E-state index in [4.69, 9.17) is 14.2 Å². The van der Waals surface area contributed by atoms with Crippen LogP contribution in [0.2, 0.25) is 0 Å². The van der Waals surface area contributed by atoms with E-state index in [-0.39, 0.29) is 37.5 Å². The standard InChI is InChI=1S/C64H102O6/c1-4-7-10-13-16-19-22-25-28-31-32-34-36-39-42-45-48-51-54-57-63(66)69-60-61(59-68-62(65)56-53-50-47-44-41-38-35-30-27-24-21-18-15-12-9-6-3)70-64(67)58-55-52-49-46-43-40-37-33-29-26-23-20-17-14-11-8-5-2/h7-8,10-11,16-17,19-21,24-26,28-30,32,34-35,37,40,46,49,61H,4-6,9,12-15,18,22-23,27,31,33,36,38-39,41-45,47-48,50-60H2,1-3H3/b10-7-,11-8-,19-16-,20-17-,24-21-,28-25-,29-26-,34-32-,35-30-,40-37-,49-46-. The SMILES string of the molecule is CC/C=C\C/C=C\C/C=C\C/C=C\C/C=C\CCCC(=O)OC(COC(=O)CCCCCCC/C=C\C/C=C\CCCCCC)COC(=O)CCCCCCCC/C=C\C/C=C\C/C=C\C/C=C\CC. The number of rotatable bonds is 49. The number of esters is 3. The summed E-state index contributed by atoms with van der Waals surface area (Å²) in [5.41, 5.74) is 0. The van der Waals surface area contributed by atoms with Crippen LogP contribution in [0.5, 0.6) is 0 Å². The van der Waals surface area contributed by atoms with Crippen LogP contribution in [0.25, 0.3) is 0 Å². The van der Waals surface area contributed by atoms with Gasteiger partial charge < -0.3 is 14.2 Å². The lowest BCUT2D eigenvalue weighted by Gasteiger charge is -2.18. The van der Waals surface area contributed by atoms with Crippen LogP contribution in [0.4, 0.5) is 0 Å². The maximum absolute atomic E-state index is 12.8. The van der Waals surface area contributed by atoms with Gasteiger partial charge in [-0.15, -0.1) is 0 Å². The van der Waals surface area contributed by atoms with Crippen molar-refractivity contribution < 1.29 is 28.6 Å². The molecule has 394 valence electrons. The average molecular weight is 968 g/mol. The molecule has 0 aliphatic rings. The Balaban J connectivity index is 4.55. The van der Waals surface area contributed by atoms with E-state index < -0.39 is 6.10 Å². The fourth-order valence-electron chi connectivity index (χ4n) is 7.20. The molecule has 0 aromatic heterocycles. The first-order valence-electron chi connectivity index (χ1n) is 28.2. The second kappa shape index (κ2) is 57.1. The number of ether oxygens (including phenoxy) is 3. The molecule has 0 saturated carbocycles. The molecule has 6 nitrogen and oxygen atoms in total.